The average molecular weight is 185 g/mol. The molecule has 1 heterocycles. The topological polar surface area (TPSA) is 46.5 Å². The average Bonchev–Trinajstić information content (AvgIpc) is 2.12. The molecular formula is C4H8FNO2S2. The Bertz CT molecular complexity index is 238. The number of halogens is 1. The summed E-state index contributed by atoms with van der Waals surface area (Å²) in [7, 11) is -5.10. The Balaban J connectivity index is 2.72. The Morgan fingerprint density at radius 3 is 2.20 bits per heavy atom. The van der Waals surface area contributed by atoms with Crippen LogP contribution in [0.1, 0.15) is 12.8 Å². The largest absolute Gasteiger partial charge is 0.423 e. The Morgan fingerprint density at radius 1 is 1.30 bits per heavy atom. The van der Waals surface area contributed by atoms with Gasteiger partial charge in [-0.3, -0.25) is 0 Å². The smallest absolute Gasteiger partial charge is 0.169 e. The molecule has 6 heteroatoms. The van der Waals surface area contributed by atoms with Gasteiger partial charge in [0.15, 0.2) is 0 Å². The van der Waals surface area contributed by atoms with Crippen LogP contribution < -0.4 is 0 Å². The van der Waals surface area contributed by atoms with Gasteiger partial charge in [-0.1, -0.05) is 14.6 Å². The molecule has 3 nitrogen and oxygen atoms in total. The fourth-order valence-corrected chi connectivity index (χ4v) is 3.72. The van der Waals surface area contributed by atoms with E-state index in [0.717, 1.165) is 24.3 Å². The Hall–Kier alpha value is 0.0300. The lowest BCUT2D eigenvalue weighted by molar-refractivity contribution is 0.555. The number of hydrogen-bond acceptors (Lipinski definition) is 2. The zero-order valence-electron chi connectivity index (χ0n) is 5.29. The van der Waals surface area contributed by atoms with Gasteiger partial charge in [0.05, 0.1) is 0 Å². The van der Waals surface area contributed by atoms with Crippen molar-refractivity contribution >= 4 is 21.1 Å². The van der Waals surface area contributed by atoms with Gasteiger partial charge in [0, 0.05) is 11.5 Å². The van der Waals surface area contributed by atoms with E-state index in [1.54, 1.807) is 0 Å². The maximum Gasteiger partial charge on any atom is 0.423 e. The summed E-state index contributed by atoms with van der Waals surface area (Å²) in [4.78, 5) is 0. The predicted octanol–water partition coefficient (Wildman–Crippen LogP) is 0.796. The Kier molecular flexibility index (Phi) is 2.40. The van der Waals surface area contributed by atoms with Crippen molar-refractivity contribution in [1.82, 2.24) is 0 Å². The van der Waals surface area contributed by atoms with Crippen LogP contribution in [0.15, 0.2) is 3.77 Å². The minimum Gasteiger partial charge on any atom is -0.169 e. The molecule has 0 bridgehead atoms. The second kappa shape index (κ2) is 2.96. The first kappa shape index (κ1) is 8.13. The summed E-state index contributed by atoms with van der Waals surface area (Å²) in [6.07, 6.45) is 1.95. The third-order valence-corrected chi connectivity index (χ3v) is 4.28. The zero-order valence-corrected chi connectivity index (χ0v) is 6.92. The van der Waals surface area contributed by atoms with E-state index in [9.17, 15) is 12.3 Å². The van der Waals surface area contributed by atoms with Gasteiger partial charge in [-0.2, -0.15) is 8.42 Å². The lowest BCUT2D eigenvalue weighted by atomic mass is 10.4. The van der Waals surface area contributed by atoms with Crippen LogP contribution in [0.4, 0.5) is 3.89 Å². The first-order valence-corrected chi connectivity index (χ1v) is 5.79. The van der Waals surface area contributed by atoms with E-state index in [-0.39, 0.29) is 0 Å². The molecule has 0 N–H and O–H groups in total. The van der Waals surface area contributed by atoms with Gasteiger partial charge in [0.25, 0.3) is 0 Å². The van der Waals surface area contributed by atoms with Crippen molar-refractivity contribution < 1.29 is 12.3 Å². The van der Waals surface area contributed by atoms with Crippen molar-refractivity contribution in [2.75, 3.05) is 11.5 Å². The van der Waals surface area contributed by atoms with Crippen LogP contribution in [-0.4, -0.2) is 19.9 Å². The number of hydrogen-bond donors (Lipinski definition) is 0. The minimum atomic E-state index is -4.57. The molecule has 0 unspecified atom stereocenters. The lowest BCUT2D eigenvalue weighted by Gasteiger charge is -1.90. The molecule has 0 spiro atoms. The van der Waals surface area contributed by atoms with Gasteiger partial charge >= 0.3 is 10.4 Å². The van der Waals surface area contributed by atoms with E-state index >= 15 is 0 Å². The molecule has 1 fully saturated rings. The molecule has 1 aliphatic heterocycles. The summed E-state index contributed by atoms with van der Waals surface area (Å²) in [5.41, 5.74) is 0. The zero-order chi connectivity index (χ0) is 7.61. The monoisotopic (exact) mass is 185 g/mol. The summed E-state index contributed by atoms with van der Waals surface area (Å²) in [6, 6.07) is 0. The molecule has 10 heavy (non-hydrogen) atoms. The van der Waals surface area contributed by atoms with Crippen LogP contribution in [0, 0.1) is 0 Å². The minimum absolute atomic E-state index is 0.535. The predicted molar refractivity (Wildman–Crippen MR) is 38.8 cm³/mol. The molecule has 60 valence electrons. The summed E-state index contributed by atoms with van der Waals surface area (Å²) in [5.74, 6) is 1.48. The van der Waals surface area contributed by atoms with Crippen molar-refractivity contribution in [2.45, 2.75) is 12.8 Å². The molecular weight excluding hydrogens is 177 g/mol. The highest BCUT2D eigenvalue weighted by molar-refractivity contribution is 7.97. The maximum absolute atomic E-state index is 11.9. The van der Waals surface area contributed by atoms with E-state index in [4.69, 9.17) is 0 Å². The van der Waals surface area contributed by atoms with Gasteiger partial charge < -0.3 is 0 Å². The molecule has 0 amide bonds. The summed E-state index contributed by atoms with van der Waals surface area (Å²) >= 11 is 0. The fourth-order valence-electron chi connectivity index (χ4n) is 0.840. The quantitative estimate of drug-likeness (QED) is 0.567. The highest BCUT2D eigenvalue weighted by Gasteiger charge is 2.11. The van der Waals surface area contributed by atoms with Crippen LogP contribution in [0.5, 0.6) is 0 Å². The normalized spacial score (nSPS) is 21.3. The standard InChI is InChI=1S/C4H8FNO2S2/c5-10(7,8)6-9-3-1-2-4-9/h1-4H2. The van der Waals surface area contributed by atoms with Gasteiger partial charge in [0.1, 0.15) is 0 Å². The van der Waals surface area contributed by atoms with E-state index in [0.29, 0.717) is 0 Å². The molecule has 1 saturated heterocycles. The number of rotatable bonds is 1. The Morgan fingerprint density at radius 2 is 1.80 bits per heavy atom. The van der Waals surface area contributed by atoms with Crippen molar-refractivity contribution in [3.05, 3.63) is 0 Å². The molecule has 0 aliphatic carbocycles. The van der Waals surface area contributed by atoms with Gasteiger partial charge in [-0.15, -0.1) is 3.77 Å². The first-order valence-electron chi connectivity index (χ1n) is 2.93. The van der Waals surface area contributed by atoms with Crippen LogP contribution in [-0.2, 0) is 21.1 Å². The van der Waals surface area contributed by atoms with Crippen LogP contribution in [0.2, 0.25) is 0 Å². The molecule has 0 saturated carbocycles. The van der Waals surface area contributed by atoms with Gasteiger partial charge in [0.2, 0.25) is 0 Å². The molecule has 0 atom stereocenters. The van der Waals surface area contributed by atoms with E-state index in [1.807, 2.05) is 0 Å². The highest BCUT2D eigenvalue weighted by atomic mass is 32.3. The van der Waals surface area contributed by atoms with Crippen molar-refractivity contribution in [3.63, 3.8) is 0 Å². The van der Waals surface area contributed by atoms with Crippen LogP contribution >= 0.6 is 0 Å². The molecule has 1 rings (SSSR count). The van der Waals surface area contributed by atoms with E-state index in [2.05, 4.69) is 3.77 Å². The second-order valence-corrected chi connectivity index (χ2v) is 5.23. The molecule has 0 aromatic rings. The summed E-state index contributed by atoms with van der Waals surface area (Å²) < 4.78 is 34.8. The third kappa shape index (κ3) is 2.74. The van der Waals surface area contributed by atoms with Gasteiger partial charge in [-0.05, 0) is 12.8 Å². The van der Waals surface area contributed by atoms with Crippen molar-refractivity contribution in [3.8, 4) is 0 Å². The maximum atomic E-state index is 11.9. The van der Waals surface area contributed by atoms with E-state index in [1.165, 1.54) is 0 Å². The lowest BCUT2D eigenvalue weighted by Crippen LogP contribution is -1.93. The fraction of sp³-hybridized carbons (Fsp3) is 1.00. The van der Waals surface area contributed by atoms with Crippen LogP contribution in [0.3, 0.4) is 0 Å². The summed E-state index contributed by atoms with van der Waals surface area (Å²) in [5, 5.41) is 0. The molecule has 0 radical (unpaired) electrons. The highest BCUT2D eigenvalue weighted by Crippen LogP contribution is 2.10. The van der Waals surface area contributed by atoms with Crippen LogP contribution in [0.25, 0.3) is 0 Å². The molecule has 1 aliphatic rings. The van der Waals surface area contributed by atoms with Crippen molar-refractivity contribution in [1.29, 1.82) is 0 Å². The van der Waals surface area contributed by atoms with Crippen molar-refractivity contribution in [2.24, 2.45) is 3.77 Å². The van der Waals surface area contributed by atoms with Gasteiger partial charge in [-0.25, -0.2) is 0 Å². The third-order valence-electron chi connectivity index (χ3n) is 1.20. The SMILES string of the molecule is O=S(=O)(F)N=S1CCCC1. The molecule has 0 aromatic carbocycles. The number of nitrogens with zero attached hydrogens (tertiary/aromatic N) is 1. The second-order valence-electron chi connectivity index (χ2n) is 2.06. The first-order chi connectivity index (χ1) is 4.58. The summed E-state index contributed by atoms with van der Waals surface area (Å²) in [6.45, 7) is 0. The molecule has 0 aromatic heterocycles. The van der Waals surface area contributed by atoms with E-state index < -0.39 is 21.1 Å². The Labute approximate surface area is 62.1 Å².